The zero-order valence-electron chi connectivity index (χ0n) is 15.9. The van der Waals surface area contributed by atoms with E-state index in [0.717, 1.165) is 24.4 Å². The summed E-state index contributed by atoms with van der Waals surface area (Å²) < 4.78 is 5.78. The summed E-state index contributed by atoms with van der Waals surface area (Å²) in [5.41, 5.74) is 0.812. The van der Waals surface area contributed by atoms with Gasteiger partial charge in [0.1, 0.15) is 11.5 Å². The zero-order chi connectivity index (χ0) is 19.1. The molecule has 1 atom stereocenters. The normalized spacial score (nSPS) is 15.8. The number of hydrogen-bond acceptors (Lipinski definition) is 4. The highest BCUT2D eigenvalue weighted by atomic mass is 35.5. The van der Waals surface area contributed by atoms with Crippen LogP contribution in [-0.2, 0) is 9.59 Å². The first kappa shape index (κ1) is 21.7. The minimum absolute atomic E-state index is 0. The summed E-state index contributed by atoms with van der Waals surface area (Å²) in [5, 5.41) is 5.98. The van der Waals surface area contributed by atoms with E-state index in [0.29, 0.717) is 25.1 Å². The summed E-state index contributed by atoms with van der Waals surface area (Å²) in [6, 6.07) is 16.8. The maximum absolute atomic E-state index is 12.3. The third-order valence-corrected chi connectivity index (χ3v) is 4.45. The molecule has 2 N–H and O–H groups in total. The lowest BCUT2D eigenvalue weighted by molar-refractivity contribution is -0.121. The van der Waals surface area contributed by atoms with E-state index in [1.807, 2.05) is 61.6 Å². The molecule has 0 bridgehead atoms. The van der Waals surface area contributed by atoms with E-state index >= 15 is 0 Å². The molecule has 0 aromatic heterocycles. The van der Waals surface area contributed by atoms with Gasteiger partial charge in [-0.05, 0) is 56.4 Å². The van der Waals surface area contributed by atoms with Gasteiger partial charge in [0.15, 0.2) is 0 Å². The minimum Gasteiger partial charge on any atom is -0.457 e. The summed E-state index contributed by atoms with van der Waals surface area (Å²) in [4.78, 5) is 26.0. The number of carbonyl (C=O) groups is 2. The minimum atomic E-state index is -0.139. The predicted octanol–water partition coefficient (Wildman–Crippen LogP) is 3.12. The van der Waals surface area contributed by atoms with Crippen molar-refractivity contribution in [3.05, 3.63) is 54.6 Å². The molecule has 7 heteroatoms. The molecule has 0 spiro atoms. The number of rotatable bonds is 8. The Hall–Kier alpha value is -2.57. The van der Waals surface area contributed by atoms with Gasteiger partial charge in [-0.3, -0.25) is 9.59 Å². The van der Waals surface area contributed by atoms with Crippen LogP contribution in [0.15, 0.2) is 54.6 Å². The number of ether oxygens (including phenoxy) is 1. The maximum atomic E-state index is 12.3. The van der Waals surface area contributed by atoms with Gasteiger partial charge in [-0.25, -0.2) is 0 Å². The lowest BCUT2D eigenvalue weighted by atomic mass is 10.2. The highest BCUT2D eigenvalue weighted by molar-refractivity contribution is 5.96. The van der Waals surface area contributed by atoms with Crippen molar-refractivity contribution in [1.82, 2.24) is 10.6 Å². The van der Waals surface area contributed by atoms with Crippen LogP contribution < -0.4 is 20.3 Å². The Labute approximate surface area is 171 Å². The fourth-order valence-corrected chi connectivity index (χ4v) is 3.10. The average Bonchev–Trinajstić information content (AvgIpc) is 3.03. The summed E-state index contributed by atoms with van der Waals surface area (Å²) >= 11 is 0. The topological polar surface area (TPSA) is 70.7 Å². The van der Waals surface area contributed by atoms with Crippen molar-refractivity contribution in [3.63, 3.8) is 0 Å². The molecule has 1 unspecified atom stereocenters. The molecule has 0 saturated carbocycles. The Morgan fingerprint density at radius 1 is 1.11 bits per heavy atom. The van der Waals surface area contributed by atoms with Crippen molar-refractivity contribution in [2.24, 2.45) is 0 Å². The second-order valence-corrected chi connectivity index (χ2v) is 6.59. The van der Waals surface area contributed by atoms with Crippen molar-refractivity contribution < 1.29 is 14.3 Å². The number of nitrogens with one attached hydrogen (secondary N) is 2. The molecule has 1 heterocycles. The van der Waals surface area contributed by atoms with Crippen molar-refractivity contribution >= 4 is 29.9 Å². The molecule has 6 nitrogen and oxygen atoms in total. The Morgan fingerprint density at radius 2 is 1.79 bits per heavy atom. The fourth-order valence-electron chi connectivity index (χ4n) is 3.10. The molecular formula is C21H26ClN3O3. The van der Waals surface area contributed by atoms with Gasteiger partial charge in [0.05, 0.1) is 6.04 Å². The van der Waals surface area contributed by atoms with Gasteiger partial charge in [-0.1, -0.05) is 18.2 Å². The van der Waals surface area contributed by atoms with Gasteiger partial charge in [0, 0.05) is 25.1 Å². The van der Waals surface area contributed by atoms with Crippen LogP contribution in [0, 0.1) is 0 Å². The third kappa shape index (κ3) is 5.97. The Balaban J connectivity index is 0.00000280. The molecule has 3 rings (SSSR count). The quantitative estimate of drug-likeness (QED) is 0.664. The number of amides is 2. The summed E-state index contributed by atoms with van der Waals surface area (Å²) in [6.07, 6.45) is 1.59. The zero-order valence-corrected chi connectivity index (χ0v) is 16.7. The molecule has 1 aliphatic heterocycles. The van der Waals surface area contributed by atoms with Gasteiger partial charge in [-0.15, -0.1) is 12.4 Å². The van der Waals surface area contributed by atoms with Crippen molar-refractivity contribution in [2.45, 2.75) is 25.3 Å². The second kappa shape index (κ2) is 10.7. The van der Waals surface area contributed by atoms with Gasteiger partial charge in [-0.2, -0.15) is 0 Å². The number of nitrogens with zero attached hydrogens (tertiary/aromatic N) is 1. The maximum Gasteiger partial charge on any atom is 0.229 e. The lowest BCUT2D eigenvalue weighted by Crippen LogP contribution is -2.37. The van der Waals surface area contributed by atoms with Crippen LogP contribution in [0.3, 0.4) is 0 Å². The number of para-hydroxylation sites is 1. The van der Waals surface area contributed by atoms with Gasteiger partial charge in [0.2, 0.25) is 11.8 Å². The van der Waals surface area contributed by atoms with E-state index in [1.54, 1.807) is 4.90 Å². The van der Waals surface area contributed by atoms with Crippen LogP contribution in [0.1, 0.15) is 19.3 Å². The highest BCUT2D eigenvalue weighted by Gasteiger charge is 2.31. The van der Waals surface area contributed by atoms with Crippen LogP contribution >= 0.6 is 12.4 Å². The van der Waals surface area contributed by atoms with Crippen molar-refractivity contribution in [3.8, 4) is 11.5 Å². The molecule has 2 amide bonds. The average molecular weight is 404 g/mol. The first-order valence-electron chi connectivity index (χ1n) is 9.23. The second-order valence-electron chi connectivity index (χ2n) is 6.59. The molecule has 1 saturated heterocycles. The van der Waals surface area contributed by atoms with E-state index in [4.69, 9.17) is 4.74 Å². The van der Waals surface area contributed by atoms with Crippen molar-refractivity contribution in [1.29, 1.82) is 0 Å². The van der Waals surface area contributed by atoms with E-state index in [-0.39, 0.29) is 30.3 Å². The molecule has 1 aliphatic rings. The first-order chi connectivity index (χ1) is 13.2. The summed E-state index contributed by atoms with van der Waals surface area (Å²) in [6.45, 7) is 1.30. The fraction of sp³-hybridized carbons (Fsp3) is 0.333. The van der Waals surface area contributed by atoms with E-state index in [2.05, 4.69) is 10.6 Å². The van der Waals surface area contributed by atoms with E-state index < -0.39 is 0 Å². The lowest BCUT2D eigenvalue weighted by Gasteiger charge is -2.18. The van der Waals surface area contributed by atoms with Crippen LogP contribution in [0.2, 0.25) is 0 Å². The van der Waals surface area contributed by atoms with Crippen LogP contribution in [-0.4, -0.2) is 38.0 Å². The van der Waals surface area contributed by atoms with Crippen molar-refractivity contribution in [2.75, 3.05) is 25.0 Å². The molecule has 150 valence electrons. The van der Waals surface area contributed by atoms with Gasteiger partial charge < -0.3 is 20.3 Å². The Bertz CT molecular complexity index is 768. The number of halogens is 1. The highest BCUT2D eigenvalue weighted by Crippen LogP contribution is 2.26. The molecule has 2 aromatic carbocycles. The largest absolute Gasteiger partial charge is 0.457 e. The number of benzene rings is 2. The standard InChI is InChI=1S/C21H25N3O3.ClH/c1-22-13-5-8-20(25)23-16-14-21(26)24(15-16)17-9-11-19(12-10-17)27-18-6-3-2-4-7-18;/h2-4,6-7,9-12,16,22H,5,8,13-15H2,1H3,(H,23,25);1H. The van der Waals surface area contributed by atoms with E-state index in [9.17, 15) is 9.59 Å². The van der Waals surface area contributed by atoms with E-state index in [1.165, 1.54) is 0 Å². The first-order valence-corrected chi connectivity index (χ1v) is 9.23. The molecule has 2 aromatic rings. The monoisotopic (exact) mass is 403 g/mol. The molecular weight excluding hydrogens is 378 g/mol. The number of anilines is 1. The molecule has 0 radical (unpaired) electrons. The third-order valence-electron chi connectivity index (χ3n) is 4.45. The van der Waals surface area contributed by atoms with Crippen LogP contribution in [0.25, 0.3) is 0 Å². The summed E-state index contributed by atoms with van der Waals surface area (Å²) in [5.74, 6) is 1.50. The summed E-state index contributed by atoms with van der Waals surface area (Å²) in [7, 11) is 1.86. The van der Waals surface area contributed by atoms with Crippen LogP contribution in [0.4, 0.5) is 5.69 Å². The Kier molecular flexibility index (Phi) is 8.29. The Morgan fingerprint density at radius 3 is 2.46 bits per heavy atom. The number of carbonyl (C=O) groups excluding carboxylic acids is 2. The van der Waals surface area contributed by atoms with Crippen LogP contribution in [0.5, 0.6) is 11.5 Å². The number of hydrogen-bond donors (Lipinski definition) is 2. The molecule has 1 fully saturated rings. The SMILES string of the molecule is CNCCCC(=O)NC1CC(=O)N(c2ccc(Oc3ccccc3)cc2)C1.Cl. The molecule has 28 heavy (non-hydrogen) atoms. The van der Waals surface area contributed by atoms with Gasteiger partial charge >= 0.3 is 0 Å². The smallest absolute Gasteiger partial charge is 0.229 e. The van der Waals surface area contributed by atoms with Gasteiger partial charge in [0.25, 0.3) is 0 Å². The predicted molar refractivity (Wildman–Crippen MR) is 112 cm³/mol. The molecule has 0 aliphatic carbocycles.